The second-order valence-corrected chi connectivity index (χ2v) is 241. The fourth-order valence-corrected chi connectivity index (χ4v) is 816. The van der Waals surface area contributed by atoms with Crippen molar-refractivity contribution in [2.45, 2.75) is 0 Å². The Bertz CT molecular complexity index is 863. The molecule has 0 nitrogen and oxygen atoms in total. The molecule has 0 saturated carbocycles. The van der Waals surface area contributed by atoms with E-state index in [1.54, 1.807) is 0 Å². The van der Waals surface area contributed by atoms with E-state index in [1.165, 1.54) is 0 Å². The van der Waals surface area contributed by atoms with Crippen molar-refractivity contribution in [3.05, 3.63) is 0 Å². The molecule has 0 amide bonds. The van der Waals surface area contributed by atoms with Crippen molar-refractivity contribution >= 4 is 456 Å². The maximum Gasteiger partial charge on any atom is -0.0000139 e. The Morgan fingerprint density at radius 2 is 0.298 bits per heavy atom. The third-order valence-electron chi connectivity index (χ3n) is 4.93. The van der Waals surface area contributed by atoms with E-state index in [0.29, 0.717) is 0 Å². The van der Waals surface area contributed by atoms with E-state index in [9.17, 15) is 0 Å². The lowest BCUT2D eigenvalue weighted by Gasteiger charge is -2.60. The lowest BCUT2D eigenvalue weighted by atomic mass is 28.4. The van der Waals surface area contributed by atoms with Crippen LogP contribution in [0.5, 0.6) is 0 Å². The quantitative estimate of drug-likeness (QED) is 0.0719. The fraction of sp³-hybridized carbons (Fsp3) is 0. The monoisotopic (exact) mass is 1820 g/mol. The standard InChI is InChI=1S/H58P57/c1-30-45(31(2)3)52(44(28)29)56(53(46(32(4)5)33(6)7)47(34(8)9)35(10)11)57(54(48(36(12)13)37(14)15)49(38(16)17)39(18)19)55(50(40(20)21)41(22)23)51(42(24)25)43(26)27/h1,30H,2-29H2/q-1. The van der Waals surface area contributed by atoms with E-state index >= 15 is 0 Å². The first-order valence-electron chi connectivity index (χ1n) is 12.9. The molecule has 0 aromatic rings. The van der Waals surface area contributed by atoms with E-state index in [2.05, 4.69) is 259 Å². The van der Waals surface area contributed by atoms with Crippen LogP contribution in [0.15, 0.2) is 0 Å². The van der Waals surface area contributed by atoms with Crippen LogP contribution in [0.1, 0.15) is 0 Å². The summed E-state index contributed by atoms with van der Waals surface area (Å²) in [4.78, 5) is 0. The Morgan fingerprint density at radius 3 is 0.404 bits per heavy atom. The molecule has 0 heterocycles. The van der Waals surface area contributed by atoms with Gasteiger partial charge >= 0.3 is 0 Å². The molecule has 0 N–H and O–H groups in total. The first-order chi connectivity index (χ1) is 25.9. The molecular weight excluding hydrogens is 1770 g/mol. The average molecular weight is 1820 g/mol. The summed E-state index contributed by atoms with van der Waals surface area (Å²) in [6.45, 7) is -5.68. The van der Waals surface area contributed by atoms with Gasteiger partial charge in [0.2, 0.25) is 0 Å². The van der Waals surface area contributed by atoms with Crippen molar-refractivity contribution in [3.63, 3.8) is 0 Å². The average Bonchev–Trinajstić information content (AvgIpc) is 2.99. The summed E-state index contributed by atoms with van der Waals surface area (Å²) in [7, 11) is 104. The number of hydrogen-bond donors (Lipinski definition) is 0. The maximum atomic E-state index is 4.45. The molecule has 0 aliphatic carbocycles. The SMILES string of the molecule is [PH-]PP(P(P)P)P(P(P)P)P(P(P(P(P)P)P(P)P)P(P(P)P)P(P)P)P(P(P(P(P)P)P(P)P)P(P(P)P)P(P)P)P(P(P(P)P)P(P)P)P(P(P)P)P(P)P. The van der Waals surface area contributed by atoms with Crippen molar-refractivity contribution in [1.29, 1.82) is 0 Å². The van der Waals surface area contributed by atoms with Crippen LogP contribution in [0.4, 0.5) is 0 Å². The predicted octanol–water partition coefficient (Wildman–Crippen LogP) is 33.6. The van der Waals surface area contributed by atoms with Crippen LogP contribution in [-0.4, -0.2) is 0 Å². The van der Waals surface area contributed by atoms with Gasteiger partial charge in [-0.25, -0.2) is 0 Å². The number of rotatable bonds is 27. The Morgan fingerprint density at radius 1 is 0.175 bits per heavy atom. The van der Waals surface area contributed by atoms with Gasteiger partial charge in [-0.15, -0.1) is 250 Å². The van der Waals surface area contributed by atoms with Gasteiger partial charge in [-0.1, -0.05) is 0 Å². The van der Waals surface area contributed by atoms with E-state index in [4.69, 9.17) is 0 Å². The lowest BCUT2D eigenvalue weighted by Crippen LogP contribution is -1.72. The molecule has 0 spiro atoms. The zero-order valence-electron chi connectivity index (χ0n) is 29.2. The van der Waals surface area contributed by atoms with Gasteiger partial charge in [-0.05, 0) is 189 Å². The zero-order chi connectivity index (χ0) is 45.3. The third-order valence-corrected chi connectivity index (χ3v) is 400. The molecule has 344 valence electrons. The molecule has 57 heavy (non-hydrogen) atoms. The highest BCUT2D eigenvalue weighted by molar-refractivity contribution is 9.53. The second kappa shape index (κ2) is 44.9. The second-order valence-electron chi connectivity index (χ2n) is 8.94. The summed E-state index contributed by atoms with van der Waals surface area (Å²) in [5, 5.41) is 0. The molecule has 0 saturated heterocycles. The summed E-state index contributed by atoms with van der Waals surface area (Å²) in [5.74, 6) is 0. The van der Waals surface area contributed by atoms with Crippen LogP contribution in [0.25, 0.3) is 0 Å². The minimum absolute atomic E-state index is 0.152. The van der Waals surface area contributed by atoms with Crippen LogP contribution < -0.4 is 0 Å². The highest BCUT2D eigenvalue weighted by Gasteiger charge is 2.60. The maximum absolute atomic E-state index is 4.45. The van der Waals surface area contributed by atoms with Crippen LogP contribution in [0.3, 0.4) is 0 Å². The molecule has 0 rings (SSSR count). The van der Waals surface area contributed by atoms with Gasteiger partial charge < -0.3 is 8.93 Å². The largest absolute Gasteiger partial charge is 0.524 e. The Balaban J connectivity index is 10.3. The van der Waals surface area contributed by atoms with Gasteiger partial charge in [0.25, 0.3) is 0 Å². The molecule has 0 fully saturated rings. The fourth-order valence-electron chi connectivity index (χ4n) is 3.36. The van der Waals surface area contributed by atoms with Gasteiger partial charge in [-0.2, -0.15) is 0 Å². The molecule has 32 unspecified atom stereocenters. The molecule has 57 heteroatoms. The first-order valence-corrected chi connectivity index (χ1v) is 116. The summed E-state index contributed by atoms with van der Waals surface area (Å²) in [6.07, 6.45) is 0. The van der Waals surface area contributed by atoms with Gasteiger partial charge in [0.05, 0.1) is 0 Å². The molecule has 0 radical (unpaired) electrons. The summed E-state index contributed by atoms with van der Waals surface area (Å²) < 4.78 is 0. The van der Waals surface area contributed by atoms with E-state index < -0.39 is 0 Å². The minimum Gasteiger partial charge on any atom is -0.524 e. The van der Waals surface area contributed by atoms with Gasteiger partial charge in [0.15, 0.2) is 0 Å². The Hall–Kier alpha value is 24.5. The van der Waals surface area contributed by atoms with Crippen molar-refractivity contribution in [3.8, 4) is 0 Å². The minimum atomic E-state index is -0.265. The van der Waals surface area contributed by atoms with Gasteiger partial charge in [0.1, 0.15) is 0 Å². The highest BCUT2D eigenvalue weighted by atomic mass is 33.6. The molecule has 0 aliphatic rings. The molecule has 0 aromatic heterocycles. The zero-order valence-corrected chi connectivity index (χ0v) is 87.7. The van der Waals surface area contributed by atoms with Crippen LogP contribution in [0, 0.1) is 0 Å². The Labute approximate surface area is 448 Å². The topological polar surface area (TPSA) is 0 Å². The van der Waals surface area contributed by atoms with Crippen molar-refractivity contribution in [2.75, 3.05) is 0 Å². The third kappa shape index (κ3) is 29.1. The van der Waals surface area contributed by atoms with E-state index in [-0.39, 0.29) is 189 Å². The molecule has 32 atom stereocenters. The predicted molar refractivity (Wildman–Crippen MR) is 475 cm³/mol. The van der Waals surface area contributed by atoms with Crippen molar-refractivity contribution < 1.29 is 0 Å². The molecule has 0 aliphatic heterocycles. The summed E-state index contributed by atoms with van der Waals surface area (Å²) >= 11 is 0. The summed E-state index contributed by atoms with van der Waals surface area (Å²) in [6, 6.07) is 0. The smallest absolute Gasteiger partial charge is 0.0000139 e. The molecular formula is H58P57-. The molecule has 0 aromatic carbocycles. The first kappa shape index (κ1) is 81.5. The van der Waals surface area contributed by atoms with Crippen molar-refractivity contribution in [1.82, 2.24) is 0 Å². The van der Waals surface area contributed by atoms with Gasteiger partial charge in [-0.3, -0.25) is 7.96 Å². The summed E-state index contributed by atoms with van der Waals surface area (Å²) in [5.41, 5.74) is 0. The molecule has 0 bridgehead atoms. The normalized spacial score (nSPS) is 16.2. The van der Waals surface area contributed by atoms with Crippen LogP contribution in [-0.2, 0) is 0 Å². The van der Waals surface area contributed by atoms with Crippen LogP contribution in [0.2, 0.25) is 0 Å². The Kier molecular flexibility index (Phi) is 64.2. The van der Waals surface area contributed by atoms with E-state index in [1.807, 2.05) is 0 Å². The number of hydrogen-bond acceptors (Lipinski definition) is 0. The van der Waals surface area contributed by atoms with Crippen molar-refractivity contribution in [2.24, 2.45) is 0 Å². The van der Waals surface area contributed by atoms with Gasteiger partial charge in [0, 0.05) is 0 Å². The lowest BCUT2D eigenvalue weighted by molar-refractivity contribution is 4.34. The van der Waals surface area contributed by atoms with E-state index in [0.717, 1.165) is 7.96 Å². The highest BCUT2D eigenvalue weighted by Crippen LogP contribution is 3.47. The van der Waals surface area contributed by atoms with Crippen LogP contribution >= 0.6 is 456 Å².